The lowest BCUT2D eigenvalue weighted by molar-refractivity contribution is -0.142. The van der Waals surface area contributed by atoms with E-state index in [1.165, 1.54) is 18.4 Å². The van der Waals surface area contributed by atoms with E-state index in [9.17, 15) is 26.7 Å². The largest absolute Gasteiger partial charge is 0.480 e. The van der Waals surface area contributed by atoms with Crippen molar-refractivity contribution >= 4 is 43.6 Å². The summed E-state index contributed by atoms with van der Waals surface area (Å²) in [7, 11) is -5.27. The van der Waals surface area contributed by atoms with E-state index in [2.05, 4.69) is 0 Å². The summed E-state index contributed by atoms with van der Waals surface area (Å²) in [6.45, 7) is -0.517. The molecule has 0 bridgehead atoms. The molecule has 2 aliphatic heterocycles. The molecule has 1 N–H and O–H groups in total. The number of carboxylic acid groups (broad SMARTS) is 1. The molecular weight excluding hydrogens is 468 g/mol. The number of carbonyl (C=O) groups is 1. The van der Waals surface area contributed by atoms with E-state index in [1.54, 1.807) is 18.2 Å². The van der Waals surface area contributed by atoms with Crippen LogP contribution in [0.15, 0.2) is 30.3 Å². The van der Waals surface area contributed by atoms with Gasteiger partial charge < -0.3 is 5.11 Å². The van der Waals surface area contributed by atoms with E-state index in [0.29, 0.717) is 11.4 Å². The number of hydrogen-bond donors (Lipinski definition) is 1. The number of halogens is 1. The molecule has 0 radical (unpaired) electrons. The average molecular weight is 493 g/mol. The van der Waals surface area contributed by atoms with Gasteiger partial charge in [-0.15, -0.1) is 0 Å². The fourth-order valence-corrected chi connectivity index (χ4v) is 6.50. The maximum atomic E-state index is 13.2. The third-order valence-electron chi connectivity index (χ3n) is 5.38. The Morgan fingerprint density at radius 1 is 1.06 bits per heavy atom. The Hall–Kier alpha value is -1.54. The van der Waals surface area contributed by atoms with Gasteiger partial charge in [0.2, 0.25) is 0 Å². The molecule has 0 aliphatic carbocycles. The number of piperazine rings is 1. The number of nitrogens with zero attached hydrogens (tertiary/aromatic N) is 4. The molecule has 0 aromatic heterocycles. The van der Waals surface area contributed by atoms with Crippen LogP contribution in [0.2, 0.25) is 5.02 Å². The van der Waals surface area contributed by atoms with Crippen molar-refractivity contribution in [3.8, 4) is 0 Å². The summed E-state index contributed by atoms with van der Waals surface area (Å²) >= 11 is 5.91. The zero-order chi connectivity index (χ0) is 23.0. The molecule has 1 unspecified atom stereocenters. The molecule has 172 valence electrons. The van der Waals surface area contributed by atoms with Crippen LogP contribution in [0.5, 0.6) is 0 Å². The minimum absolute atomic E-state index is 0.100. The van der Waals surface area contributed by atoms with Crippen LogP contribution < -0.4 is 0 Å². The smallest absolute Gasteiger partial charge is 0.323 e. The highest BCUT2D eigenvalue weighted by Gasteiger charge is 2.45. The zero-order valence-electron chi connectivity index (χ0n) is 17.2. The number of carboxylic acids is 1. The SMILES string of the molecule is CN(C)S(=O)(=O)N1CCN(S(=O)(=O)N2CC=C(c3ccc(Cl)cc3)CC2)C(C(=O)O)C1. The van der Waals surface area contributed by atoms with Gasteiger partial charge in [-0.05, 0) is 29.7 Å². The molecule has 31 heavy (non-hydrogen) atoms. The predicted octanol–water partition coefficient (Wildman–Crippen LogP) is 0.551. The van der Waals surface area contributed by atoms with Crippen molar-refractivity contribution in [1.29, 1.82) is 0 Å². The van der Waals surface area contributed by atoms with Crippen LogP contribution >= 0.6 is 11.6 Å². The summed E-state index contributed by atoms with van der Waals surface area (Å²) in [5.74, 6) is -1.39. The first-order valence-electron chi connectivity index (χ1n) is 9.57. The highest BCUT2D eigenvalue weighted by Crippen LogP contribution is 2.27. The molecule has 1 aromatic carbocycles. The van der Waals surface area contributed by atoms with Gasteiger partial charge in [0.1, 0.15) is 6.04 Å². The molecule has 13 heteroatoms. The molecule has 2 aliphatic rings. The zero-order valence-corrected chi connectivity index (χ0v) is 19.6. The summed E-state index contributed by atoms with van der Waals surface area (Å²) in [4.78, 5) is 11.8. The van der Waals surface area contributed by atoms with Gasteiger partial charge in [0, 0.05) is 51.8 Å². The summed E-state index contributed by atoms with van der Waals surface area (Å²) in [5.41, 5.74) is 1.94. The Labute approximate surface area is 187 Å². The van der Waals surface area contributed by atoms with Gasteiger partial charge in [0.05, 0.1) is 0 Å². The van der Waals surface area contributed by atoms with Gasteiger partial charge in [-0.3, -0.25) is 4.79 Å². The van der Waals surface area contributed by atoms with E-state index < -0.39 is 39.0 Å². The molecular formula is C18H25ClN4O6S2. The minimum atomic E-state index is -4.10. The van der Waals surface area contributed by atoms with Crippen molar-refractivity contribution in [3.05, 3.63) is 40.9 Å². The second-order valence-electron chi connectivity index (χ2n) is 7.46. The Bertz CT molecular complexity index is 1070. The predicted molar refractivity (Wildman–Crippen MR) is 117 cm³/mol. The molecule has 2 heterocycles. The van der Waals surface area contributed by atoms with Crippen LogP contribution in [0.3, 0.4) is 0 Å². The summed E-state index contributed by atoms with van der Waals surface area (Å²) in [5, 5.41) is 10.2. The molecule has 1 fully saturated rings. The van der Waals surface area contributed by atoms with E-state index in [4.69, 9.17) is 11.6 Å². The van der Waals surface area contributed by atoms with Crippen LogP contribution in [0.1, 0.15) is 12.0 Å². The van der Waals surface area contributed by atoms with Gasteiger partial charge in [-0.25, -0.2) is 0 Å². The summed E-state index contributed by atoms with van der Waals surface area (Å²) < 4.78 is 55.2. The Kier molecular flexibility index (Phi) is 7.11. The first kappa shape index (κ1) is 24.1. The quantitative estimate of drug-likeness (QED) is 0.619. The van der Waals surface area contributed by atoms with Gasteiger partial charge in [-0.2, -0.15) is 34.1 Å². The lowest BCUT2D eigenvalue weighted by Gasteiger charge is -2.40. The lowest BCUT2D eigenvalue weighted by atomic mass is 10.0. The molecule has 1 atom stereocenters. The molecule has 1 saturated heterocycles. The topological polar surface area (TPSA) is 119 Å². The van der Waals surface area contributed by atoms with E-state index in [0.717, 1.165) is 24.1 Å². The van der Waals surface area contributed by atoms with Crippen LogP contribution in [0, 0.1) is 0 Å². The van der Waals surface area contributed by atoms with Crippen molar-refractivity contribution in [2.75, 3.05) is 46.8 Å². The Morgan fingerprint density at radius 2 is 1.71 bits per heavy atom. The number of benzene rings is 1. The molecule has 0 spiro atoms. The van der Waals surface area contributed by atoms with Crippen LogP contribution in [0.25, 0.3) is 5.57 Å². The van der Waals surface area contributed by atoms with E-state index in [-0.39, 0.29) is 26.2 Å². The van der Waals surface area contributed by atoms with Crippen molar-refractivity contribution in [3.63, 3.8) is 0 Å². The fourth-order valence-electron chi connectivity index (χ4n) is 3.59. The van der Waals surface area contributed by atoms with Crippen LogP contribution in [0.4, 0.5) is 0 Å². The minimum Gasteiger partial charge on any atom is -0.480 e. The summed E-state index contributed by atoms with van der Waals surface area (Å²) in [6, 6.07) is 5.75. The van der Waals surface area contributed by atoms with Crippen molar-refractivity contribution in [2.24, 2.45) is 0 Å². The standard InChI is InChI=1S/C18H25ClN4O6S2/c1-20(2)30(26,27)22-11-12-23(17(13-22)18(24)25)31(28,29)21-9-7-15(8-10-21)14-3-5-16(19)6-4-14/h3-7,17H,8-13H2,1-2H3,(H,24,25). The monoisotopic (exact) mass is 492 g/mol. The Balaban J connectivity index is 1.78. The lowest BCUT2D eigenvalue weighted by Crippen LogP contribution is -2.62. The van der Waals surface area contributed by atoms with E-state index in [1.807, 2.05) is 12.1 Å². The third kappa shape index (κ3) is 4.95. The molecule has 10 nitrogen and oxygen atoms in total. The van der Waals surface area contributed by atoms with Gasteiger partial charge in [0.25, 0.3) is 20.4 Å². The molecule has 1 aromatic rings. The number of hydrogen-bond acceptors (Lipinski definition) is 5. The molecule has 0 saturated carbocycles. The number of aliphatic carboxylic acids is 1. The van der Waals surface area contributed by atoms with Gasteiger partial charge in [0.15, 0.2) is 0 Å². The van der Waals surface area contributed by atoms with Gasteiger partial charge >= 0.3 is 5.97 Å². The first-order chi connectivity index (χ1) is 14.4. The normalized spacial score (nSPS) is 22.5. The van der Waals surface area contributed by atoms with Crippen molar-refractivity contribution in [2.45, 2.75) is 12.5 Å². The van der Waals surface area contributed by atoms with Crippen LogP contribution in [-0.2, 0) is 25.2 Å². The van der Waals surface area contributed by atoms with Crippen molar-refractivity contribution in [1.82, 2.24) is 17.2 Å². The van der Waals surface area contributed by atoms with Crippen molar-refractivity contribution < 1.29 is 26.7 Å². The van der Waals surface area contributed by atoms with Gasteiger partial charge in [-0.1, -0.05) is 29.8 Å². The molecule has 0 amide bonds. The second kappa shape index (κ2) is 9.14. The second-order valence-corrected chi connectivity index (χ2v) is 11.9. The maximum absolute atomic E-state index is 13.2. The highest BCUT2D eigenvalue weighted by atomic mass is 35.5. The highest BCUT2D eigenvalue weighted by molar-refractivity contribution is 7.87. The maximum Gasteiger partial charge on any atom is 0.323 e. The molecule has 3 rings (SSSR count). The average Bonchev–Trinajstić information content (AvgIpc) is 2.73. The third-order valence-corrected chi connectivity index (χ3v) is 9.55. The Morgan fingerprint density at radius 3 is 2.23 bits per heavy atom. The fraction of sp³-hybridized carbons (Fsp3) is 0.500. The summed E-state index contributed by atoms with van der Waals surface area (Å²) in [6.07, 6.45) is 2.26. The first-order valence-corrected chi connectivity index (χ1v) is 12.7. The van der Waals surface area contributed by atoms with Crippen LogP contribution in [-0.4, -0.2) is 98.0 Å². The van der Waals surface area contributed by atoms with E-state index >= 15 is 0 Å². The number of rotatable bonds is 6.